The van der Waals surface area contributed by atoms with Crippen LogP contribution in [-0.4, -0.2) is 37.0 Å². The van der Waals surface area contributed by atoms with Gasteiger partial charge in [-0.05, 0) is 49.4 Å². The predicted octanol–water partition coefficient (Wildman–Crippen LogP) is 3.23. The third kappa shape index (κ3) is 4.37. The molecule has 1 atom stereocenters. The SMILES string of the molecule is CN=C(NCc1ccc(C)s1)NCC(C)N1CCc2sccc2C1. The molecule has 0 saturated heterocycles. The van der Waals surface area contributed by atoms with Gasteiger partial charge in [0.05, 0.1) is 6.54 Å². The minimum absolute atomic E-state index is 0.487. The van der Waals surface area contributed by atoms with Gasteiger partial charge in [0.1, 0.15) is 0 Å². The van der Waals surface area contributed by atoms with Gasteiger partial charge in [-0.15, -0.1) is 22.7 Å². The van der Waals surface area contributed by atoms with Crippen LogP contribution in [0, 0.1) is 6.92 Å². The number of nitrogens with one attached hydrogen (secondary N) is 2. The molecule has 0 aliphatic carbocycles. The lowest BCUT2D eigenvalue weighted by Gasteiger charge is -2.32. The minimum Gasteiger partial charge on any atom is -0.355 e. The van der Waals surface area contributed by atoms with Crippen LogP contribution in [0.5, 0.6) is 0 Å². The van der Waals surface area contributed by atoms with Gasteiger partial charge < -0.3 is 10.6 Å². The molecule has 2 aromatic heterocycles. The lowest BCUT2D eigenvalue weighted by molar-refractivity contribution is 0.192. The number of aliphatic imine (C=N–C) groups is 1. The highest BCUT2D eigenvalue weighted by molar-refractivity contribution is 7.11. The fourth-order valence-electron chi connectivity index (χ4n) is 2.99. The molecule has 1 aliphatic heterocycles. The van der Waals surface area contributed by atoms with E-state index in [-0.39, 0.29) is 0 Å². The topological polar surface area (TPSA) is 39.7 Å². The van der Waals surface area contributed by atoms with Crippen LogP contribution in [0.4, 0.5) is 0 Å². The number of thiophene rings is 2. The second-order valence-electron chi connectivity index (χ2n) is 6.26. The summed E-state index contributed by atoms with van der Waals surface area (Å²) in [6.45, 7) is 8.39. The molecular weight excluding hydrogens is 336 g/mol. The van der Waals surface area contributed by atoms with Gasteiger partial charge in [-0.1, -0.05) is 0 Å². The zero-order valence-corrected chi connectivity index (χ0v) is 16.3. The molecule has 2 N–H and O–H groups in total. The van der Waals surface area contributed by atoms with Crippen molar-refractivity contribution in [3.63, 3.8) is 0 Å². The van der Waals surface area contributed by atoms with Crippen molar-refractivity contribution in [1.82, 2.24) is 15.5 Å². The monoisotopic (exact) mass is 362 g/mol. The smallest absolute Gasteiger partial charge is 0.191 e. The third-order valence-corrected chi connectivity index (χ3v) is 6.50. The summed E-state index contributed by atoms with van der Waals surface area (Å²) in [5, 5.41) is 9.08. The first-order valence-electron chi connectivity index (χ1n) is 8.45. The van der Waals surface area contributed by atoms with E-state index in [1.54, 1.807) is 4.88 Å². The van der Waals surface area contributed by atoms with Gasteiger partial charge in [-0.3, -0.25) is 9.89 Å². The Morgan fingerprint density at radius 3 is 2.96 bits per heavy atom. The van der Waals surface area contributed by atoms with E-state index in [1.807, 2.05) is 29.7 Å². The van der Waals surface area contributed by atoms with E-state index in [2.05, 4.69) is 58.0 Å². The molecular formula is C18H26N4S2. The molecule has 0 saturated carbocycles. The average molecular weight is 363 g/mol. The first-order chi connectivity index (χ1) is 11.7. The molecule has 3 heterocycles. The normalized spacial score (nSPS) is 16.7. The Bertz CT molecular complexity index is 689. The molecule has 130 valence electrons. The van der Waals surface area contributed by atoms with Crippen molar-refractivity contribution in [3.05, 3.63) is 43.8 Å². The van der Waals surface area contributed by atoms with Gasteiger partial charge in [0, 0.05) is 47.4 Å². The standard InChI is InChI=1S/C18H26N4S2/c1-13(22-8-6-17-15(12-22)7-9-23-17)10-20-18(19-3)21-11-16-5-4-14(2)24-16/h4-5,7,9,13H,6,8,10-12H2,1-3H3,(H2,19,20,21). The predicted molar refractivity (Wildman–Crippen MR) is 105 cm³/mol. The summed E-state index contributed by atoms with van der Waals surface area (Å²) in [7, 11) is 1.83. The van der Waals surface area contributed by atoms with Crippen LogP contribution < -0.4 is 10.6 Å². The number of hydrogen-bond donors (Lipinski definition) is 2. The van der Waals surface area contributed by atoms with Crippen molar-refractivity contribution in [2.45, 2.75) is 39.4 Å². The largest absolute Gasteiger partial charge is 0.355 e. The van der Waals surface area contributed by atoms with Crippen LogP contribution in [0.2, 0.25) is 0 Å². The van der Waals surface area contributed by atoms with Crippen LogP contribution in [0.3, 0.4) is 0 Å². The molecule has 0 spiro atoms. The van der Waals surface area contributed by atoms with E-state index in [4.69, 9.17) is 0 Å². The number of nitrogens with zero attached hydrogens (tertiary/aromatic N) is 2. The Morgan fingerprint density at radius 1 is 1.33 bits per heavy atom. The second-order valence-corrected chi connectivity index (χ2v) is 8.63. The molecule has 1 aliphatic rings. The van der Waals surface area contributed by atoms with Gasteiger partial charge in [-0.2, -0.15) is 0 Å². The highest BCUT2D eigenvalue weighted by Gasteiger charge is 2.21. The van der Waals surface area contributed by atoms with Gasteiger partial charge in [0.25, 0.3) is 0 Å². The summed E-state index contributed by atoms with van der Waals surface area (Å²) in [6, 6.07) is 7.10. The lowest BCUT2D eigenvalue weighted by atomic mass is 10.1. The minimum atomic E-state index is 0.487. The fraction of sp³-hybridized carbons (Fsp3) is 0.500. The summed E-state index contributed by atoms with van der Waals surface area (Å²) < 4.78 is 0. The van der Waals surface area contributed by atoms with Crippen LogP contribution in [0.1, 0.15) is 27.1 Å². The summed E-state index contributed by atoms with van der Waals surface area (Å²) in [6.07, 6.45) is 1.18. The molecule has 0 amide bonds. The van der Waals surface area contributed by atoms with Crippen molar-refractivity contribution in [2.24, 2.45) is 4.99 Å². The average Bonchev–Trinajstić information content (AvgIpc) is 3.22. The Balaban J connectivity index is 1.45. The van der Waals surface area contributed by atoms with E-state index in [1.165, 1.54) is 21.7 Å². The van der Waals surface area contributed by atoms with Crippen molar-refractivity contribution >= 4 is 28.6 Å². The Labute approximate surface area is 152 Å². The van der Waals surface area contributed by atoms with E-state index in [9.17, 15) is 0 Å². The maximum atomic E-state index is 4.34. The summed E-state index contributed by atoms with van der Waals surface area (Å²) in [4.78, 5) is 11.1. The number of aryl methyl sites for hydroxylation is 1. The van der Waals surface area contributed by atoms with Gasteiger partial charge in [0.15, 0.2) is 5.96 Å². The second kappa shape index (κ2) is 8.14. The van der Waals surface area contributed by atoms with Gasteiger partial charge >= 0.3 is 0 Å². The number of fused-ring (bicyclic) bond motifs is 1. The van der Waals surface area contributed by atoms with E-state index in [0.717, 1.165) is 32.1 Å². The first kappa shape index (κ1) is 17.5. The lowest BCUT2D eigenvalue weighted by Crippen LogP contribution is -2.46. The Morgan fingerprint density at radius 2 is 2.21 bits per heavy atom. The van der Waals surface area contributed by atoms with Crippen LogP contribution in [0.25, 0.3) is 0 Å². The van der Waals surface area contributed by atoms with Gasteiger partial charge in [0.2, 0.25) is 0 Å². The molecule has 0 bridgehead atoms. The molecule has 4 nitrogen and oxygen atoms in total. The van der Waals surface area contributed by atoms with E-state index in [0.29, 0.717) is 6.04 Å². The highest BCUT2D eigenvalue weighted by Crippen LogP contribution is 2.24. The number of rotatable bonds is 5. The summed E-state index contributed by atoms with van der Waals surface area (Å²) >= 11 is 3.73. The fourth-order valence-corrected chi connectivity index (χ4v) is 4.71. The molecule has 0 fully saturated rings. The molecule has 3 rings (SSSR count). The maximum absolute atomic E-state index is 4.34. The van der Waals surface area contributed by atoms with Crippen LogP contribution in [0.15, 0.2) is 28.6 Å². The molecule has 0 radical (unpaired) electrons. The summed E-state index contributed by atoms with van der Waals surface area (Å²) in [5.74, 6) is 0.876. The first-order valence-corrected chi connectivity index (χ1v) is 10.1. The Kier molecular flexibility index (Phi) is 5.92. The van der Waals surface area contributed by atoms with E-state index < -0.39 is 0 Å². The zero-order chi connectivity index (χ0) is 16.9. The zero-order valence-electron chi connectivity index (χ0n) is 14.6. The van der Waals surface area contributed by atoms with Crippen molar-refractivity contribution in [1.29, 1.82) is 0 Å². The van der Waals surface area contributed by atoms with Crippen molar-refractivity contribution in [2.75, 3.05) is 20.1 Å². The van der Waals surface area contributed by atoms with Crippen LogP contribution in [-0.2, 0) is 19.5 Å². The van der Waals surface area contributed by atoms with E-state index >= 15 is 0 Å². The molecule has 0 aromatic carbocycles. The Hall–Kier alpha value is -1.37. The summed E-state index contributed by atoms with van der Waals surface area (Å²) in [5.41, 5.74) is 1.51. The molecule has 1 unspecified atom stereocenters. The van der Waals surface area contributed by atoms with Gasteiger partial charge in [-0.25, -0.2) is 0 Å². The van der Waals surface area contributed by atoms with Crippen molar-refractivity contribution in [3.8, 4) is 0 Å². The third-order valence-electron chi connectivity index (χ3n) is 4.48. The quantitative estimate of drug-likeness (QED) is 0.634. The maximum Gasteiger partial charge on any atom is 0.191 e. The van der Waals surface area contributed by atoms with Crippen molar-refractivity contribution < 1.29 is 0 Å². The molecule has 24 heavy (non-hydrogen) atoms. The highest BCUT2D eigenvalue weighted by atomic mass is 32.1. The molecule has 6 heteroatoms. The number of hydrogen-bond acceptors (Lipinski definition) is 4. The van der Waals surface area contributed by atoms with Crippen LogP contribution >= 0.6 is 22.7 Å². The number of guanidine groups is 1. The molecule has 2 aromatic rings.